The minimum atomic E-state index is -1.19. The number of carbonyl (C=O) groups is 1. The molecule has 11 heavy (non-hydrogen) atoms. The van der Waals surface area contributed by atoms with Gasteiger partial charge in [0, 0.05) is 0 Å². The van der Waals surface area contributed by atoms with Gasteiger partial charge in [-0.15, -0.1) is 6.58 Å². The topological polar surface area (TPSA) is 83.5 Å². The minimum Gasteiger partial charge on any atom is -0.480 e. The Morgan fingerprint density at radius 2 is 2.27 bits per heavy atom. The zero-order valence-corrected chi connectivity index (χ0v) is 6.23. The predicted molar refractivity (Wildman–Crippen MR) is 41.0 cm³/mol. The van der Waals surface area contributed by atoms with Crippen LogP contribution in [0.2, 0.25) is 0 Å². The number of carboxylic acid groups (broad SMARTS) is 1. The Morgan fingerprint density at radius 3 is 2.64 bits per heavy atom. The third kappa shape index (κ3) is 3.75. The fraction of sp³-hybridized carbons (Fsp3) is 0.571. The van der Waals surface area contributed by atoms with Crippen molar-refractivity contribution in [3.8, 4) is 0 Å². The maximum absolute atomic E-state index is 10.2. The van der Waals surface area contributed by atoms with Crippen molar-refractivity contribution < 1.29 is 15.0 Å². The number of hydrogen-bond acceptors (Lipinski definition) is 3. The second-order valence-corrected chi connectivity index (χ2v) is 2.30. The number of aliphatic carboxylic acids is 1. The molecule has 0 saturated carbocycles. The van der Waals surface area contributed by atoms with E-state index in [2.05, 4.69) is 6.58 Å². The summed E-state index contributed by atoms with van der Waals surface area (Å²) >= 11 is 0. The van der Waals surface area contributed by atoms with Crippen LogP contribution in [-0.2, 0) is 4.79 Å². The number of hydrogen-bond donors (Lipinski definition) is 3. The van der Waals surface area contributed by atoms with E-state index >= 15 is 0 Å². The molecule has 0 fully saturated rings. The molecule has 0 amide bonds. The van der Waals surface area contributed by atoms with E-state index in [1.54, 1.807) is 6.08 Å². The Bertz CT molecular complexity index is 147. The van der Waals surface area contributed by atoms with E-state index in [0.717, 1.165) is 0 Å². The fourth-order valence-corrected chi connectivity index (χ4v) is 0.633. The van der Waals surface area contributed by atoms with Gasteiger partial charge >= 0.3 is 5.97 Å². The molecule has 0 radical (unpaired) electrons. The average molecular weight is 159 g/mol. The van der Waals surface area contributed by atoms with Gasteiger partial charge in [-0.1, -0.05) is 6.08 Å². The monoisotopic (exact) mass is 159 g/mol. The molecule has 0 aromatic rings. The number of rotatable bonds is 5. The Morgan fingerprint density at radius 1 is 1.73 bits per heavy atom. The Hall–Kier alpha value is -0.870. The molecule has 0 rings (SSSR count). The van der Waals surface area contributed by atoms with Crippen LogP contribution in [0.15, 0.2) is 12.7 Å². The van der Waals surface area contributed by atoms with E-state index in [1.807, 2.05) is 0 Å². The number of allylic oxidation sites excluding steroid dienone is 1. The first kappa shape index (κ1) is 10.1. The van der Waals surface area contributed by atoms with E-state index in [-0.39, 0.29) is 0 Å². The number of carboxylic acids is 1. The largest absolute Gasteiger partial charge is 0.480 e. The van der Waals surface area contributed by atoms with Crippen molar-refractivity contribution in [3.63, 3.8) is 0 Å². The quantitative estimate of drug-likeness (QED) is 0.482. The molecule has 4 N–H and O–H groups in total. The van der Waals surface area contributed by atoms with E-state index in [0.29, 0.717) is 12.8 Å². The van der Waals surface area contributed by atoms with Gasteiger partial charge in [-0.2, -0.15) is 0 Å². The lowest BCUT2D eigenvalue weighted by Crippen LogP contribution is -2.41. The number of aliphatic hydroxyl groups is 1. The maximum Gasteiger partial charge on any atom is 0.323 e. The van der Waals surface area contributed by atoms with Gasteiger partial charge in [0.05, 0.1) is 6.10 Å². The fourth-order valence-electron chi connectivity index (χ4n) is 0.633. The van der Waals surface area contributed by atoms with E-state index in [4.69, 9.17) is 15.9 Å². The maximum atomic E-state index is 10.2. The summed E-state index contributed by atoms with van der Waals surface area (Å²) in [6.07, 6.45) is 1.54. The molecule has 0 aliphatic heterocycles. The number of nitrogens with two attached hydrogens (primary N) is 1. The third-order valence-electron chi connectivity index (χ3n) is 1.37. The van der Waals surface area contributed by atoms with Gasteiger partial charge in [0.2, 0.25) is 0 Å². The third-order valence-corrected chi connectivity index (χ3v) is 1.37. The first-order valence-corrected chi connectivity index (χ1v) is 3.37. The van der Waals surface area contributed by atoms with Gasteiger partial charge in [-0.3, -0.25) is 4.79 Å². The van der Waals surface area contributed by atoms with Gasteiger partial charge in [0.25, 0.3) is 0 Å². The summed E-state index contributed by atoms with van der Waals surface area (Å²) in [6.45, 7) is 3.44. The van der Waals surface area contributed by atoms with Crippen LogP contribution in [0.3, 0.4) is 0 Å². The van der Waals surface area contributed by atoms with Gasteiger partial charge < -0.3 is 15.9 Å². The second kappa shape index (κ2) is 4.87. The lowest BCUT2D eigenvalue weighted by atomic mass is 10.1. The smallest absolute Gasteiger partial charge is 0.323 e. The molecule has 0 heterocycles. The van der Waals surface area contributed by atoms with E-state index < -0.39 is 18.1 Å². The molecule has 64 valence electrons. The zero-order chi connectivity index (χ0) is 8.85. The molecule has 4 heteroatoms. The van der Waals surface area contributed by atoms with Gasteiger partial charge in [-0.05, 0) is 12.8 Å². The summed E-state index contributed by atoms with van der Waals surface area (Å²) in [5.74, 6) is -1.18. The molecule has 0 saturated heterocycles. The highest BCUT2D eigenvalue weighted by molar-refractivity contribution is 5.73. The minimum absolute atomic E-state index is 0.344. The highest BCUT2D eigenvalue weighted by Gasteiger charge is 2.20. The molecule has 0 unspecified atom stereocenters. The standard InChI is InChI=1S/C7H13NO3/c1-2-3-4-5(9)6(8)7(10)11/h2,5-6,9H,1,3-4,8H2,(H,10,11)/t5-,6+/m1/s1. The lowest BCUT2D eigenvalue weighted by Gasteiger charge is -2.12. The summed E-state index contributed by atoms with van der Waals surface area (Å²) < 4.78 is 0. The Balaban J connectivity index is 3.72. The van der Waals surface area contributed by atoms with Crippen LogP contribution in [-0.4, -0.2) is 28.3 Å². The first-order chi connectivity index (χ1) is 5.09. The van der Waals surface area contributed by atoms with Crippen molar-refractivity contribution in [2.75, 3.05) is 0 Å². The van der Waals surface area contributed by atoms with Crippen LogP contribution in [0.5, 0.6) is 0 Å². The van der Waals surface area contributed by atoms with Crippen molar-refractivity contribution in [1.29, 1.82) is 0 Å². The molecule has 0 aliphatic rings. The molecule has 0 spiro atoms. The molecule has 0 bridgehead atoms. The van der Waals surface area contributed by atoms with Gasteiger partial charge in [-0.25, -0.2) is 0 Å². The molecule has 0 aromatic heterocycles. The predicted octanol–water partition coefficient (Wildman–Crippen LogP) is -0.275. The molecule has 0 aliphatic carbocycles. The van der Waals surface area contributed by atoms with Crippen molar-refractivity contribution >= 4 is 5.97 Å². The zero-order valence-electron chi connectivity index (χ0n) is 6.23. The van der Waals surface area contributed by atoms with E-state index in [9.17, 15) is 4.79 Å². The summed E-state index contributed by atoms with van der Waals surface area (Å²) in [5, 5.41) is 17.4. The van der Waals surface area contributed by atoms with Crippen LogP contribution in [0.1, 0.15) is 12.8 Å². The lowest BCUT2D eigenvalue weighted by molar-refractivity contribution is -0.141. The van der Waals surface area contributed by atoms with Crippen LogP contribution < -0.4 is 5.73 Å². The highest BCUT2D eigenvalue weighted by atomic mass is 16.4. The van der Waals surface area contributed by atoms with Crippen molar-refractivity contribution in [3.05, 3.63) is 12.7 Å². The molecular formula is C7H13NO3. The second-order valence-electron chi connectivity index (χ2n) is 2.30. The molecule has 0 aromatic carbocycles. The van der Waals surface area contributed by atoms with Gasteiger partial charge in [0.15, 0.2) is 0 Å². The summed E-state index contributed by atoms with van der Waals surface area (Å²) in [4.78, 5) is 10.2. The Kier molecular flexibility index (Phi) is 4.49. The number of aliphatic hydroxyl groups excluding tert-OH is 1. The van der Waals surface area contributed by atoms with Crippen LogP contribution >= 0.6 is 0 Å². The summed E-state index contributed by atoms with van der Waals surface area (Å²) in [5.41, 5.74) is 5.12. The highest BCUT2D eigenvalue weighted by Crippen LogP contribution is 2.00. The molecule has 2 atom stereocenters. The van der Waals surface area contributed by atoms with Crippen LogP contribution in [0, 0.1) is 0 Å². The van der Waals surface area contributed by atoms with Gasteiger partial charge in [0.1, 0.15) is 6.04 Å². The van der Waals surface area contributed by atoms with Crippen LogP contribution in [0.25, 0.3) is 0 Å². The average Bonchev–Trinajstić information content (AvgIpc) is 1.98. The van der Waals surface area contributed by atoms with E-state index in [1.165, 1.54) is 0 Å². The molecule has 4 nitrogen and oxygen atoms in total. The normalized spacial score (nSPS) is 15.5. The summed E-state index contributed by atoms with van der Waals surface area (Å²) in [6, 6.07) is -1.19. The van der Waals surface area contributed by atoms with Crippen molar-refractivity contribution in [2.24, 2.45) is 5.73 Å². The SMILES string of the molecule is C=CCC[C@@H](O)[C@H](N)C(=O)O. The summed E-state index contributed by atoms with van der Waals surface area (Å²) in [7, 11) is 0. The first-order valence-electron chi connectivity index (χ1n) is 3.37. The Labute approximate surface area is 65.3 Å². The molecular weight excluding hydrogens is 146 g/mol. The van der Waals surface area contributed by atoms with Crippen molar-refractivity contribution in [2.45, 2.75) is 25.0 Å². The van der Waals surface area contributed by atoms with Crippen molar-refractivity contribution in [1.82, 2.24) is 0 Å². The van der Waals surface area contributed by atoms with Crippen LogP contribution in [0.4, 0.5) is 0 Å².